The summed E-state index contributed by atoms with van der Waals surface area (Å²) in [5.74, 6) is -0.158. The molecule has 0 aromatic heterocycles. The Morgan fingerprint density at radius 1 is 1.03 bits per heavy atom. The van der Waals surface area contributed by atoms with Crippen molar-refractivity contribution in [3.63, 3.8) is 0 Å². The molecule has 0 aliphatic carbocycles. The first-order valence-corrected chi connectivity index (χ1v) is 12.3. The summed E-state index contributed by atoms with van der Waals surface area (Å²) in [6.07, 6.45) is -2.55. The van der Waals surface area contributed by atoms with Gasteiger partial charge in [-0.2, -0.15) is 13.2 Å². The molecule has 10 heteroatoms. The van der Waals surface area contributed by atoms with E-state index in [4.69, 9.17) is 0 Å². The van der Waals surface area contributed by atoms with Gasteiger partial charge in [-0.05, 0) is 43.0 Å². The van der Waals surface area contributed by atoms with Crippen molar-refractivity contribution in [1.82, 2.24) is 14.9 Å². The van der Waals surface area contributed by atoms with Crippen molar-refractivity contribution in [3.8, 4) is 0 Å². The first kappa shape index (κ1) is 25.2. The normalized spacial score (nSPS) is 16.0. The molecule has 0 radical (unpaired) electrons. The summed E-state index contributed by atoms with van der Waals surface area (Å²) >= 11 is 0. The molecule has 180 valence electrons. The number of nitrogens with one attached hydrogen (secondary N) is 2. The fourth-order valence-corrected chi connectivity index (χ4v) is 4.87. The lowest BCUT2D eigenvalue weighted by molar-refractivity contribution is -0.137. The monoisotopic (exact) mass is 483 g/mol. The van der Waals surface area contributed by atoms with Crippen LogP contribution in [-0.2, 0) is 27.5 Å². The van der Waals surface area contributed by atoms with Crippen LogP contribution in [0, 0.1) is 0 Å². The van der Waals surface area contributed by atoms with E-state index in [2.05, 4.69) is 27.1 Å². The van der Waals surface area contributed by atoms with Crippen molar-refractivity contribution in [2.45, 2.75) is 49.3 Å². The summed E-state index contributed by atoms with van der Waals surface area (Å²) in [5.41, 5.74) is 0.229. The maximum atomic E-state index is 12.8. The van der Waals surface area contributed by atoms with Crippen LogP contribution in [0.5, 0.6) is 0 Å². The lowest BCUT2D eigenvalue weighted by Gasteiger charge is -2.32. The van der Waals surface area contributed by atoms with E-state index in [1.165, 1.54) is 5.56 Å². The molecule has 0 atom stereocenters. The minimum Gasteiger partial charge on any atom is -0.353 e. The fraction of sp³-hybridized carbons (Fsp3) is 0.435. The third-order valence-electron chi connectivity index (χ3n) is 5.55. The van der Waals surface area contributed by atoms with Gasteiger partial charge in [0, 0.05) is 38.6 Å². The molecule has 0 bridgehead atoms. The van der Waals surface area contributed by atoms with Crippen LogP contribution in [0.25, 0.3) is 0 Å². The summed E-state index contributed by atoms with van der Waals surface area (Å²) in [6.45, 7) is 2.61. The number of likely N-dealkylation sites (tertiary alicyclic amines) is 1. The van der Waals surface area contributed by atoms with Crippen LogP contribution in [0.2, 0.25) is 0 Å². The van der Waals surface area contributed by atoms with Gasteiger partial charge in [0.1, 0.15) is 0 Å². The Morgan fingerprint density at radius 2 is 1.73 bits per heavy atom. The van der Waals surface area contributed by atoms with Gasteiger partial charge < -0.3 is 5.32 Å². The fourth-order valence-electron chi connectivity index (χ4n) is 3.76. The second-order valence-corrected chi connectivity index (χ2v) is 9.90. The molecule has 2 aromatic rings. The van der Waals surface area contributed by atoms with Gasteiger partial charge in [0.05, 0.1) is 10.5 Å². The minimum atomic E-state index is -4.62. The molecule has 1 aliphatic rings. The number of amides is 1. The van der Waals surface area contributed by atoms with E-state index in [1.54, 1.807) is 0 Å². The maximum absolute atomic E-state index is 12.8. The third kappa shape index (κ3) is 7.83. The highest BCUT2D eigenvalue weighted by atomic mass is 32.2. The van der Waals surface area contributed by atoms with E-state index >= 15 is 0 Å². The SMILES string of the molecule is O=C(CCCNS(=O)(=O)c1cccc(C(F)(F)F)c1)NC1CCN(Cc2ccccc2)CC1. The van der Waals surface area contributed by atoms with Gasteiger partial charge in [-0.1, -0.05) is 36.4 Å². The van der Waals surface area contributed by atoms with Gasteiger partial charge >= 0.3 is 6.18 Å². The number of hydrogen-bond acceptors (Lipinski definition) is 4. The van der Waals surface area contributed by atoms with Crippen LogP contribution in [0.3, 0.4) is 0 Å². The zero-order chi connectivity index (χ0) is 23.9. The number of carbonyl (C=O) groups is 1. The average Bonchev–Trinajstić information content (AvgIpc) is 2.78. The predicted octanol–water partition coefficient (Wildman–Crippen LogP) is 3.54. The average molecular weight is 484 g/mol. The van der Waals surface area contributed by atoms with Gasteiger partial charge in [0.15, 0.2) is 0 Å². The van der Waals surface area contributed by atoms with Crippen LogP contribution in [0.1, 0.15) is 36.8 Å². The van der Waals surface area contributed by atoms with Crippen molar-refractivity contribution >= 4 is 15.9 Å². The summed E-state index contributed by atoms with van der Waals surface area (Å²) < 4.78 is 65.2. The second kappa shape index (κ2) is 11.1. The molecular formula is C23H28F3N3O3S. The minimum absolute atomic E-state index is 0.0402. The molecule has 1 amide bonds. The number of halogens is 3. The highest BCUT2D eigenvalue weighted by molar-refractivity contribution is 7.89. The highest BCUT2D eigenvalue weighted by Crippen LogP contribution is 2.30. The molecule has 1 fully saturated rings. The Labute approximate surface area is 192 Å². The quantitative estimate of drug-likeness (QED) is 0.535. The zero-order valence-electron chi connectivity index (χ0n) is 18.1. The number of rotatable bonds is 9. The van der Waals surface area contributed by atoms with Crippen LogP contribution in [0.15, 0.2) is 59.5 Å². The number of alkyl halides is 3. The van der Waals surface area contributed by atoms with E-state index in [0.29, 0.717) is 6.07 Å². The Kier molecular flexibility index (Phi) is 8.50. The van der Waals surface area contributed by atoms with E-state index in [-0.39, 0.29) is 31.3 Å². The Balaban J connectivity index is 1.36. The number of piperidine rings is 1. The van der Waals surface area contributed by atoms with Gasteiger partial charge in [-0.3, -0.25) is 9.69 Å². The van der Waals surface area contributed by atoms with Crippen LogP contribution in [-0.4, -0.2) is 44.9 Å². The lowest BCUT2D eigenvalue weighted by Crippen LogP contribution is -2.44. The van der Waals surface area contributed by atoms with E-state index in [1.807, 2.05) is 18.2 Å². The van der Waals surface area contributed by atoms with Crippen LogP contribution < -0.4 is 10.0 Å². The number of nitrogens with zero attached hydrogens (tertiary/aromatic N) is 1. The number of benzene rings is 2. The third-order valence-corrected chi connectivity index (χ3v) is 7.00. The number of sulfonamides is 1. The molecule has 33 heavy (non-hydrogen) atoms. The second-order valence-electron chi connectivity index (χ2n) is 8.13. The molecule has 0 unspecified atom stereocenters. The summed E-state index contributed by atoms with van der Waals surface area (Å²) in [7, 11) is -4.09. The molecule has 0 spiro atoms. The molecule has 6 nitrogen and oxygen atoms in total. The van der Waals surface area contributed by atoms with Crippen molar-refractivity contribution < 1.29 is 26.4 Å². The summed E-state index contributed by atoms with van der Waals surface area (Å²) in [5, 5.41) is 2.99. The van der Waals surface area contributed by atoms with Crippen molar-refractivity contribution in [3.05, 3.63) is 65.7 Å². The molecule has 2 aromatic carbocycles. The summed E-state index contributed by atoms with van der Waals surface area (Å²) in [6, 6.07) is 13.9. The number of carbonyl (C=O) groups excluding carboxylic acids is 1. The molecule has 1 heterocycles. The van der Waals surface area contributed by atoms with Crippen molar-refractivity contribution in [1.29, 1.82) is 0 Å². The smallest absolute Gasteiger partial charge is 0.353 e. The van der Waals surface area contributed by atoms with Gasteiger partial charge in [-0.25, -0.2) is 13.1 Å². The molecule has 0 saturated carbocycles. The maximum Gasteiger partial charge on any atom is 0.416 e. The van der Waals surface area contributed by atoms with Gasteiger partial charge in [-0.15, -0.1) is 0 Å². The number of hydrogen-bond donors (Lipinski definition) is 2. The van der Waals surface area contributed by atoms with E-state index in [0.717, 1.165) is 50.7 Å². The molecule has 1 aliphatic heterocycles. The Morgan fingerprint density at radius 3 is 2.39 bits per heavy atom. The Bertz CT molecular complexity index is 1020. The molecular weight excluding hydrogens is 455 g/mol. The first-order chi connectivity index (χ1) is 15.6. The van der Waals surface area contributed by atoms with Crippen molar-refractivity contribution in [2.24, 2.45) is 0 Å². The zero-order valence-corrected chi connectivity index (χ0v) is 19.0. The largest absolute Gasteiger partial charge is 0.416 e. The topological polar surface area (TPSA) is 78.5 Å². The van der Waals surface area contributed by atoms with Crippen LogP contribution in [0.4, 0.5) is 13.2 Å². The van der Waals surface area contributed by atoms with Gasteiger partial charge in [0.2, 0.25) is 15.9 Å². The van der Waals surface area contributed by atoms with Crippen molar-refractivity contribution in [2.75, 3.05) is 19.6 Å². The Hall–Kier alpha value is -2.43. The molecule has 3 rings (SSSR count). The van der Waals surface area contributed by atoms with E-state index in [9.17, 15) is 26.4 Å². The predicted molar refractivity (Wildman–Crippen MR) is 119 cm³/mol. The first-order valence-electron chi connectivity index (χ1n) is 10.9. The van der Waals surface area contributed by atoms with Crippen LogP contribution >= 0.6 is 0 Å². The highest BCUT2D eigenvalue weighted by Gasteiger charge is 2.31. The van der Waals surface area contributed by atoms with Gasteiger partial charge in [0.25, 0.3) is 0 Å². The lowest BCUT2D eigenvalue weighted by atomic mass is 10.0. The van der Waals surface area contributed by atoms with E-state index < -0.39 is 26.7 Å². The molecule has 1 saturated heterocycles. The standard InChI is InChI=1S/C23H28F3N3O3S/c24-23(25,26)19-8-4-9-21(16-19)33(31,32)27-13-5-10-22(30)28-20-11-14-29(15-12-20)17-18-6-2-1-3-7-18/h1-4,6-9,16,20,27H,5,10-15,17H2,(H,28,30). The summed E-state index contributed by atoms with van der Waals surface area (Å²) in [4.78, 5) is 14.1. The molecule has 2 N–H and O–H groups in total.